The van der Waals surface area contributed by atoms with Crippen LogP contribution in [0.1, 0.15) is 0 Å². The predicted octanol–water partition coefficient (Wildman–Crippen LogP) is -1.19. The van der Waals surface area contributed by atoms with Crippen LogP contribution >= 0.6 is 12.2 Å². The molecule has 1 aromatic carbocycles. The standard InChI is InChI=1S/C9H7NO3S2.Na/c11-15(12,13)8-5-10-7-4-2-1-3-6(7)9(8)14;/h1-5H,(H,10,14)(H,11,12,13);/q;+1/p-1. The van der Waals surface area contributed by atoms with Crippen molar-refractivity contribution >= 4 is 33.2 Å². The second kappa shape index (κ2) is 4.95. The molecule has 0 radical (unpaired) electrons. The Morgan fingerprint density at radius 1 is 1.25 bits per heavy atom. The molecule has 0 saturated carbocycles. The maximum Gasteiger partial charge on any atom is 1.00 e. The Morgan fingerprint density at radius 2 is 1.88 bits per heavy atom. The van der Waals surface area contributed by atoms with Crippen molar-refractivity contribution in [2.24, 2.45) is 0 Å². The maximum atomic E-state index is 10.9. The molecule has 0 fully saturated rings. The SMILES string of the molecule is O=S(=O)([O-])c1c[nH]c2ccccc2c1=S.[Na+]. The first-order valence-electron chi connectivity index (χ1n) is 4.06. The number of pyridine rings is 1. The molecule has 2 rings (SSSR count). The number of hydrogen-bond donors (Lipinski definition) is 1. The molecule has 0 aliphatic heterocycles. The summed E-state index contributed by atoms with van der Waals surface area (Å²) < 4.78 is 32.6. The van der Waals surface area contributed by atoms with Gasteiger partial charge in [0.25, 0.3) is 0 Å². The van der Waals surface area contributed by atoms with E-state index >= 15 is 0 Å². The first-order chi connectivity index (χ1) is 7.00. The van der Waals surface area contributed by atoms with E-state index in [4.69, 9.17) is 12.2 Å². The Hall–Kier alpha value is -0.240. The molecule has 0 saturated heterocycles. The van der Waals surface area contributed by atoms with Gasteiger partial charge in [0.15, 0.2) is 0 Å². The molecule has 0 aliphatic rings. The minimum Gasteiger partial charge on any atom is -0.744 e. The fraction of sp³-hybridized carbons (Fsp3) is 0. The van der Waals surface area contributed by atoms with Crippen molar-refractivity contribution in [2.45, 2.75) is 4.90 Å². The van der Waals surface area contributed by atoms with Crippen molar-refractivity contribution in [3.63, 3.8) is 0 Å². The Bertz CT molecular complexity index is 678. The van der Waals surface area contributed by atoms with Crippen molar-refractivity contribution in [3.8, 4) is 0 Å². The van der Waals surface area contributed by atoms with Gasteiger partial charge >= 0.3 is 29.6 Å². The molecule has 0 unspecified atom stereocenters. The average Bonchev–Trinajstić information content (AvgIpc) is 2.16. The molecule has 78 valence electrons. The molecule has 0 bridgehead atoms. The van der Waals surface area contributed by atoms with E-state index in [1.807, 2.05) is 0 Å². The Morgan fingerprint density at radius 3 is 2.50 bits per heavy atom. The quantitative estimate of drug-likeness (QED) is 0.399. The Kier molecular flexibility index (Phi) is 4.28. The van der Waals surface area contributed by atoms with Crippen LogP contribution in [0.2, 0.25) is 0 Å². The second-order valence-electron chi connectivity index (χ2n) is 2.98. The second-order valence-corrected chi connectivity index (χ2v) is 4.74. The third-order valence-electron chi connectivity index (χ3n) is 2.02. The van der Waals surface area contributed by atoms with Crippen molar-refractivity contribution in [1.82, 2.24) is 4.98 Å². The topological polar surface area (TPSA) is 73.0 Å². The number of aromatic amines is 1. The largest absolute Gasteiger partial charge is 1.00 e. The van der Waals surface area contributed by atoms with E-state index in [-0.39, 0.29) is 39.0 Å². The van der Waals surface area contributed by atoms with Crippen LogP contribution in [-0.4, -0.2) is 18.0 Å². The number of para-hydroxylation sites is 1. The summed E-state index contributed by atoms with van der Waals surface area (Å²) in [6.45, 7) is 0. The van der Waals surface area contributed by atoms with Crippen molar-refractivity contribution < 1.29 is 42.5 Å². The molecule has 0 amide bonds. The fourth-order valence-corrected chi connectivity index (χ4v) is 2.42. The van der Waals surface area contributed by atoms with Gasteiger partial charge in [0.05, 0.1) is 9.41 Å². The number of hydrogen-bond acceptors (Lipinski definition) is 4. The molecule has 4 nitrogen and oxygen atoms in total. The third-order valence-corrected chi connectivity index (χ3v) is 3.45. The van der Waals surface area contributed by atoms with E-state index in [0.29, 0.717) is 10.9 Å². The van der Waals surface area contributed by atoms with Gasteiger partial charge in [-0.2, -0.15) is 0 Å². The van der Waals surface area contributed by atoms with Gasteiger partial charge in [0, 0.05) is 17.1 Å². The summed E-state index contributed by atoms with van der Waals surface area (Å²) in [7, 11) is -4.51. The number of H-pyrrole nitrogens is 1. The molecule has 0 aliphatic carbocycles. The van der Waals surface area contributed by atoms with Crippen molar-refractivity contribution in [2.75, 3.05) is 0 Å². The summed E-state index contributed by atoms with van der Waals surface area (Å²) in [5, 5.41) is 0.560. The van der Waals surface area contributed by atoms with Gasteiger partial charge in [-0.25, -0.2) is 8.42 Å². The number of fused-ring (bicyclic) bond motifs is 1. The third kappa shape index (κ3) is 2.53. The van der Waals surface area contributed by atoms with Gasteiger partial charge in [0.1, 0.15) is 10.1 Å². The molecule has 0 atom stereocenters. The zero-order valence-corrected chi connectivity index (χ0v) is 12.1. The Labute approximate surface area is 120 Å². The molecule has 16 heavy (non-hydrogen) atoms. The average molecular weight is 263 g/mol. The van der Waals surface area contributed by atoms with Crippen LogP contribution in [0.4, 0.5) is 0 Å². The summed E-state index contributed by atoms with van der Waals surface area (Å²) in [5.74, 6) is 0. The van der Waals surface area contributed by atoms with E-state index in [1.54, 1.807) is 24.3 Å². The normalized spacial score (nSPS) is 11.1. The van der Waals surface area contributed by atoms with Crippen LogP contribution in [0.5, 0.6) is 0 Å². The summed E-state index contributed by atoms with van der Waals surface area (Å²) in [6, 6.07) is 6.95. The number of nitrogens with one attached hydrogen (secondary N) is 1. The van der Waals surface area contributed by atoms with Crippen LogP contribution < -0.4 is 29.6 Å². The van der Waals surface area contributed by atoms with Crippen molar-refractivity contribution in [3.05, 3.63) is 35.0 Å². The minimum atomic E-state index is -4.51. The number of benzene rings is 1. The predicted molar refractivity (Wildman–Crippen MR) is 57.1 cm³/mol. The molecule has 0 spiro atoms. The van der Waals surface area contributed by atoms with Crippen LogP contribution in [0.25, 0.3) is 10.9 Å². The molecular weight excluding hydrogens is 257 g/mol. The van der Waals surface area contributed by atoms with Gasteiger partial charge in [-0.1, -0.05) is 30.4 Å². The van der Waals surface area contributed by atoms with E-state index < -0.39 is 10.1 Å². The van der Waals surface area contributed by atoms with Gasteiger partial charge in [-0.3, -0.25) is 0 Å². The smallest absolute Gasteiger partial charge is 0.744 e. The van der Waals surface area contributed by atoms with E-state index in [9.17, 15) is 13.0 Å². The molecular formula is C9H6NNaO3S2. The van der Waals surface area contributed by atoms with Crippen LogP contribution in [-0.2, 0) is 10.1 Å². The fourth-order valence-electron chi connectivity index (χ4n) is 1.33. The first-order valence-corrected chi connectivity index (χ1v) is 5.88. The van der Waals surface area contributed by atoms with Gasteiger partial charge in [0.2, 0.25) is 0 Å². The Balaban J connectivity index is 0.00000128. The van der Waals surface area contributed by atoms with Gasteiger partial charge < -0.3 is 9.54 Å². The number of rotatable bonds is 1. The van der Waals surface area contributed by atoms with E-state index in [0.717, 1.165) is 6.20 Å². The monoisotopic (exact) mass is 263 g/mol. The molecule has 7 heteroatoms. The number of aromatic nitrogens is 1. The molecule has 1 heterocycles. The zero-order chi connectivity index (χ0) is 11.1. The van der Waals surface area contributed by atoms with Crippen molar-refractivity contribution in [1.29, 1.82) is 0 Å². The minimum absolute atomic E-state index is 0. The summed E-state index contributed by atoms with van der Waals surface area (Å²) in [6.07, 6.45) is 1.13. The first kappa shape index (κ1) is 13.8. The van der Waals surface area contributed by atoms with Gasteiger partial charge in [-0.05, 0) is 6.07 Å². The van der Waals surface area contributed by atoms with Crippen LogP contribution in [0.3, 0.4) is 0 Å². The van der Waals surface area contributed by atoms with Gasteiger partial charge in [-0.15, -0.1) is 0 Å². The van der Waals surface area contributed by atoms with E-state index in [1.165, 1.54) is 0 Å². The zero-order valence-electron chi connectivity index (χ0n) is 8.43. The summed E-state index contributed by atoms with van der Waals surface area (Å²) >= 11 is 4.94. The molecule has 2 aromatic rings. The molecule has 1 aromatic heterocycles. The van der Waals surface area contributed by atoms with Crippen LogP contribution in [0.15, 0.2) is 35.4 Å². The van der Waals surface area contributed by atoms with Crippen LogP contribution in [0, 0.1) is 4.51 Å². The summed E-state index contributed by atoms with van der Waals surface area (Å²) in [4.78, 5) is 2.34. The van der Waals surface area contributed by atoms with E-state index in [2.05, 4.69) is 4.98 Å². The molecule has 1 N–H and O–H groups in total. The summed E-state index contributed by atoms with van der Waals surface area (Å²) in [5.41, 5.74) is 0.704. The maximum absolute atomic E-state index is 10.9.